The van der Waals surface area contributed by atoms with Crippen molar-refractivity contribution in [3.8, 4) is 0 Å². The van der Waals surface area contributed by atoms with E-state index < -0.39 is 35.9 Å². The highest BCUT2D eigenvalue weighted by molar-refractivity contribution is 7.12. The van der Waals surface area contributed by atoms with E-state index in [1.54, 1.807) is 38.3 Å². The third-order valence-corrected chi connectivity index (χ3v) is 3.01. The van der Waals surface area contributed by atoms with Crippen LogP contribution >= 0.6 is 11.3 Å². The van der Waals surface area contributed by atoms with Gasteiger partial charge in [-0.3, -0.25) is 9.59 Å². The van der Waals surface area contributed by atoms with Crippen molar-refractivity contribution in [2.24, 2.45) is 0 Å². The van der Waals surface area contributed by atoms with Gasteiger partial charge in [-0.15, -0.1) is 11.3 Å². The average Bonchev–Trinajstić information content (AvgIpc) is 2.78. The molecule has 0 fully saturated rings. The summed E-state index contributed by atoms with van der Waals surface area (Å²) >= 11 is 1.19. The Labute approximate surface area is 120 Å². The van der Waals surface area contributed by atoms with Crippen molar-refractivity contribution < 1.29 is 24.2 Å². The van der Waals surface area contributed by atoms with Gasteiger partial charge >= 0.3 is 11.9 Å². The highest BCUT2D eigenvalue weighted by Gasteiger charge is 2.27. The molecule has 1 aromatic heterocycles. The van der Waals surface area contributed by atoms with E-state index in [0.717, 1.165) is 0 Å². The third-order valence-electron chi connectivity index (χ3n) is 2.14. The molecule has 0 radical (unpaired) electrons. The first kappa shape index (κ1) is 16.2. The van der Waals surface area contributed by atoms with E-state index in [9.17, 15) is 14.4 Å². The largest absolute Gasteiger partial charge is 0.480 e. The summed E-state index contributed by atoms with van der Waals surface area (Å²) in [6.07, 6.45) is -0.413. The van der Waals surface area contributed by atoms with Gasteiger partial charge in [0.05, 0.1) is 11.3 Å². The zero-order valence-corrected chi connectivity index (χ0v) is 12.3. The molecule has 20 heavy (non-hydrogen) atoms. The Morgan fingerprint density at radius 3 is 2.50 bits per heavy atom. The number of esters is 1. The zero-order valence-electron chi connectivity index (χ0n) is 11.5. The summed E-state index contributed by atoms with van der Waals surface area (Å²) in [4.78, 5) is 34.9. The Balaban J connectivity index is 2.64. The minimum Gasteiger partial charge on any atom is -0.480 e. The SMILES string of the molecule is CC(C)(C)OC(=O)C[C@H](NC(=O)c1cccs1)C(=O)O. The van der Waals surface area contributed by atoms with Crippen LogP contribution in [0.3, 0.4) is 0 Å². The Kier molecular flexibility index (Phi) is 5.26. The Hall–Kier alpha value is -1.89. The van der Waals surface area contributed by atoms with Gasteiger partial charge in [-0.1, -0.05) is 6.07 Å². The maximum absolute atomic E-state index is 11.8. The lowest BCUT2D eigenvalue weighted by Gasteiger charge is -2.21. The van der Waals surface area contributed by atoms with Crippen LogP contribution in [0.4, 0.5) is 0 Å². The van der Waals surface area contributed by atoms with Crippen molar-refractivity contribution in [3.05, 3.63) is 22.4 Å². The second-order valence-corrected chi connectivity index (χ2v) is 6.08. The molecule has 0 bridgehead atoms. The van der Waals surface area contributed by atoms with Crippen molar-refractivity contribution in [2.45, 2.75) is 38.8 Å². The normalized spacial score (nSPS) is 12.6. The molecule has 7 heteroatoms. The van der Waals surface area contributed by atoms with Crippen molar-refractivity contribution in [2.75, 3.05) is 0 Å². The molecule has 0 aliphatic heterocycles. The maximum atomic E-state index is 11.8. The van der Waals surface area contributed by atoms with Gasteiger partial charge in [-0.05, 0) is 32.2 Å². The minimum absolute atomic E-state index is 0.389. The minimum atomic E-state index is -1.31. The van der Waals surface area contributed by atoms with Crippen molar-refractivity contribution in [1.29, 1.82) is 0 Å². The molecular weight excluding hydrogens is 282 g/mol. The fraction of sp³-hybridized carbons (Fsp3) is 0.462. The second-order valence-electron chi connectivity index (χ2n) is 5.13. The van der Waals surface area contributed by atoms with Crippen molar-refractivity contribution in [1.82, 2.24) is 5.32 Å². The summed E-state index contributed by atoms with van der Waals surface area (Å²) in [6.45, 7) is 5.06. The molecule has 1 atom stereocenters. The summed E-state index contributed by atoms with van der Waals surface area (Å²) in [5.74, 6) is -2.46. The fourth-order valence-corrected chi connectivity index (χ4v) is 2.01. The Morgan fingerprint density at radius 1 is 1.40 bits per heavy atom. The van der Waals surface area contributed by atoms with E-state index in [1.807, 2.05) is 0 Å². The molecule has 0 aliphatic rings. The number of amides is 1. The number of nitrogens with one attached hydrogen (secondary N) is 1. The van der Waals surface area contributed by atoms with Crippen LogP contribution in [-0.2, 0) is 14.3 Å². The van der Waals surface area contributed by atoms with E-state index in [1.165, 1.54) is 11.3 Å². The van der Waals surface area contributed by atoms with E-state index in [4.69, 9.17) is 9.84 Å². The lowest BCUT2D eigenvalue weighted by atomic mass is 10.1. The van der Waals surface area contributed by atoms with E-state index in [-0.39, 0.29) is 0 Å². The summed E-state index contributed by atoms with van der Waals surface area (Å²) in [7, 11) is 0. The first-order valence-electron chi connectivity index (χ1n) is 5.98. The van der Waals surface area contributed by atoms with Gasteiger partial charge in [0.25, 0.3) is 5.91 Å². The van der Waals surface area contributed by atoms with Crippen LogP contribution in [-0.4, -0.2) is 34.6 Å². The number of hydrogen-bond acceptors (Lipinski definition) is 5. The van der Waals surface area contributed by atoms with Gasteiger partial charge < -0.3 is 15.2 Å². The molecule has 6 nitrogen and oxygen atoms in total. The topological polar surface area (TPSA) is 92.7 Å². The van der Waals surface area contributed by atoms with Crippen LogP contribution in [0.25, 0.3) is 0 Å². The van der Waals surface area contributed by atoms with Crippen LogP contribution in [0, 0.1) is 0 Å². The number of aliphatic carboxylic acids is 1. The third kappa shape index (κ3) is 5.40. The smallest absolute Gasteiger partial charge is 0.326 e. The Bertz CT molecular complexity index is 489. The average molecular weight is 299 g/mol. The zero-order chi connectivity index (χ0) is 15.3. The molecule has 0 unspecified atom stereocenters. The maximum Gasteiger partial charge on any atom is 0.326 e. The number of thiophene rings is 1. The van der Waals surface area contributed by atoms with E-state index in [2.05, 4.69) is 5.32 Å². The predicted molar refractivity (Wildman–Crippen MR) is 73.7 cm³/mol. The van der Waals surface area contributed by atoms with Gasteiger partial charge in [0, 0.05) is 0 Å². The first-order valence-corrected chi connectivity index (χ1v) is 6.86. The standard InChI is InChI=1S/C13H17NO5S/c1-13(2,3)19-10(15)7-8(12(17)18)14-11(16)9-5-4-6-20-9/h4-6,8H,7H2,1-3H3,(H,14,16)(H,17,18)/t8-/m0/s1. The van der Waals surface area contributed by atoms with Gasteiger partial charge in [0.15, 0.2) is 0 Å². The van der Waals surface area contributed by atoms with Crippen LogP contribution in [0.1, 0.15) is 36.9 Å². The lowest BCUT2D eigenvalue weighted by Crippen LogP contribution is -2.43. The number of carbonyl (C=O) groups is 3. The molecule has 0 saturated carbocycles. The fourth-order valence-electron chi connectivity index (χ4n) is 1.39. The summed E-state index contributed by atoms with van der Waals surface area (Å²) < 4.78 is 5.04. The molecule has 110 valence electrons. The number of carboxylic acid groups (broad SMARTS) is 1. The van der Waals surface area contributed by atoms with Crippen molar-refractivity contribution >= 4 is 29.2 Å². The number of carboxylic acids is 1. The molecule has 2 N–H and O–H groups in total. The molecule has 1 amide bonds. The Morgan fingerprint density at radius 2 is 2.05 bits per heavy atom. The number of hydrogen-bond donors (Lipinski definition) is 2. The second kappa shape index (κ2) is 6.51. The van der Waals surface area contributed by atoms with Gasteiger partial charge in [-0.25, -0.2) is 4.79 Å². The summed E-state index contributed by atoms with van der Waals surface area (Å²) in [6, 6.07) is 1.95. The molecular formula is C13H17NO5S. The monoisotopic (exact) mass is 299 g/mol. The lowest BCUT2D eigenvalue weighted by molar-refractivity contribution is -0.158. The molecule has 0 aromatic carbocycles. The molecule has 0 spiro atoms. The van der Waals surface area contributed by atoms with Crippen LogP contribution in [0.5, 0.6) is 0 Å². The highest BCUT2D eigenvalue weighted by Crippen LogP contribution is 2.11. The number of rotatable bonds is 5. The van der Waals surface area contributed by atoms with Gasteiger partial charge in [0.2, 0.25) is 0 Å². The van der Waals surface area contributed by atoms with Gasteiger partial charge in [0.1, 0.15) is 11.6 Å². The quantitative estimate of drug-likeness (QED) is 0.807. The van der Waals surface area contributed by atoms with E-state index >= 15 is 0 Å². The molecule has 0 saturated heterocycles. The van der Waals surface area contributed by atoms with Crippen LogP contribution in [0.15, 0.2) is 17.5 Å². The highest BCUT2D eigenvalue weighted by atomic mass is 32.1. The van der Waals surface area contributed by atoms with Gasteiger partial charge in [-0.2, -0.15) is 0 Å². The first-order chi connectivity index (χ1) is 9.19. The molecule has 0 aliphatic carbocycles. The number of carbonyl (C=O) groups excluding carboxylic acids is 2. The number of ether oxygens (including phenoxy) is 1. The van der Waals surface area contributed by atoms with Crippen molar-refractivity contribution in [3.63, 3.8) is 0 Å². The predicted octanol–water partition coefficient (Wildman–Crippen LogP) is 1.66. The summed E-state index contributed by atoms with van der Waals surface area (Å²) in [5.41, 5.74) is -0.697. The molecule has 1 aromatic rings. The molecule has 1 rings (SSSR count). The van der Waals surface area contributed by atoms with Crippen LogP contribution < -0.4 is 5.32 Å². The molecule has 1 heterocycles. The summed E-state index contributed by atoms with van der Waals surface area (Å²) in [5, 5.41) is 13.1. The van der Waals surface area contributed by atoms with Crippen LogP contribution in [0.2, 0.25) is 0 Å². The van der Waals surface area contributed by atoms with E-state index in [0.29, 0.717) is 4.88 Å².